The van der Waals surface area contributed by atoms with Crippen molar-refractivity contribution in [2.45, 2.75) is 25.7 Å². The average Bonchev–Trinajstić information content (AvgIpc) is 2.64. The highest BCUT2D eigenvalue weighted by atomic mass is 16.5. The van der Waals surface area contributed by atoms with Gasteiger partial charge in [0.05, 0.1) is 18.8 Å². The lowest BCUT2D eigenvalue weighted by Crippen LogP contribution is -2.01. The number of hydrogen-bond donors (Lipinski definition) is 1. The van der Waals surface area contributed by atoms with E-state index in [-0.39, 0.29) is 5.69 Å². The van der Waals surface area contributed by atoms with Gasteiger partial charge in [-0.2, -0.15) is 0 Å². The molecule has 1 N–H and O–H groups in total. The summed E-state index contributed by atoms with van der Waals surface area (Å²) < 4.78 is 5.74. The van der Waals surface area contributed by atoms with Crippen LogP contribution in [0.4, 0.5) is 0 Å². The van der Waals surface area contributed by atoms with Crippen molar-refractivity contribution in [1.82, 2.24) is 4.98 Å². The standard InChI is InChI=1S/C19H20N2O4/c22-14-20-11-3-1-2-4-12-25-16-8-5-7-15(13-16)17-9-6-10-18(21-17)19(23)24/h5-10,13H,1-4,11-12H2,(H,23,24). The largest absolute Gasteiger partial charge is 0.494 e. The molecule has 0 aliphatic heterocycles. The van der Waals surface area contributed by atoms with Crippen LogP contribution >= 0.6 is 0 Å². The number of aromatic carboxylic acids is 1. The predicted octanol–water partition coefficient (Wildman–Crippen LogP) is 3.72. The Labute approximate surface area is 146 Å². The zero-order valence-electron chi connectivity index (χ0n) is 13.9. The minimum absolute atomic E-state index is 0.0164. The van der Waals surface area contributed by atoms with E-state index >= 15 is 0 Å². The number of aromatic nitrogens is 1. The highest BCUT2D eigenvalue weighted by molar-refractivity contribution is 5.86. The Morgan fingerprint density at radius 3 is 2.72 bits per heavy atom. The molecule has 1 aromatic carbocycles. The summed E-state index contributed by atoms with van der Waals surface area (Å²) >= 11 is 0. The van der Waals surface area contributed by atoms with E-state index in [1.165, 1.54) is 12.1 Å². The van der Waals surface area contributed by atoms with Gasteiger partial charge in [0.15, 0.2) is 0 Å². The van der Waals surface area contributed by atoms with Crippen molar-refractivity contribution in [2.75, 3.05) is 13.2 Å². The normalized spacial score (nSPS) is 10.1. The van der Waals surface area contributed by atoms with E-state index in [4.69, 9.17) is 9.84 Å². The van der Waals surface area contributed by atoms with Crippen LogP contribution in [0.1, 0.15) is 36.2 Å². The molecule has 130 valence electrons. The predicted molar refractivity (Wildman–Crippen MR) is 93.6 cm³/mol. The molecular formula is C19H20N2O4. The average molecular weight is 340 g/mol. The second-order valence-electron chi connectivity index (χ2n) is 5.48. The van der Waals surface area contributed by atoms with E-state index in [1.807, 2.05) is 24.3 Å². The minimum Gasteiger partial charge on any atom is -0.494 e. The van der Waals surface area contributed by atoms with Crippen LogP contribution in [0.3, 0.4) is 0 Å². The van der Waals surface area contributed by atoms with Gasteiger partial charge in [0, 0.05) is 5.56 Å². The molecule has 0 bridgehead atoms. The van der Waals surface area contributed by atoms with Crippen molar-refractivity contribution in [3.05, 3.63) is 48.2 Å². The molecule has 0 aliphatic carbocycles. The van der Waals surface area contributed by atoms with Gasteiger partial charge >= 0.3 is 5.97 Å². The lowest BCUT2D eigenvalue weighted by atomic mass is 10.1. The molecule has 0 saturated carbocycles. The lowest BCUT2D eigenvalue weighted by Gasteiger charge is -2.08. The van der Waals surface area contributed by atoms with Gasteiger partial charge in [-0.15, -0.1) is 0 Å². The third-order valence-corrected chi connectivity index (χ3v) is 3.60. The minimum atomic E-state index is -1.05. The molecule has 25 heavy (non-hydrogen) atoms. The molecule has 0 unspecified atom stereocenters. The molecule has 0 saturated heterocycles. The highest BCUT2D eigenvalue weighted by Gasteiger charge is 2.07. The van der Waals surface area contributed by atoms with Gasteiger partial charge in [-0.1, -0.05) is 24.6 Å². The number of hydrogen-bond acceptors (Lipinski definition) is 5. The maximum absolute atomic E-state index is 11.0. The second kappa shape index (κ2) is 10.0. The number of aliphatic imine (C=N–C) groups is 1. The number of ether oxygens (including phenoxy) is 1. The van der Waals surface area contributed by atoms with Crippen LogP contribution in [0.25, 0.3) is 11.3 Å². The van der Waals surface area contributed by atoms with E-state index < -0.39 is 5.97 Å². The Balaban J connectivity index is 1.86. The molecule has 6 heteroatoms. The zero-order chi connectivity index (χ0) is 17.9. The van der Waals surface area contributed by atoms with Gasteiger partial charge in [0.1, 0.15) is 11.4 Å². The summed E-state index contributed by atoms with van der Waals surface area (Å²) in [4.78, 5) is 28.6. The van der Waals surface area contributed by atoms with Gasteiger partial charge < -0.3 is 9.84 Å². The zero-order valence-corrected chi connectivity index (χ0v) is 13.9. The third kappa shape index (κ3) is 6.20. The van der Waals surface area contributed by atoms with Gasteiger partial charge in [-0.25, -0.2) is 19.6 Å². The van der Waals surface area contributed by atoms with Gasteiger partial charge in [0.2, 0.25) is 6.08 Å². The third-order valence-electron chi connectivity index (χ3n) is 3.60. The molecule has 2 rings (SSSR count). The van der Waals surface area contributed by atoms with Crippen LogP contribution in [0.5, 0.6) is 5.75 Å². The first kappa shape index (κ1) is 18.4. The Morgan fingerprint density at radius 2 is 1.92 bits per heavy atom. The van der Waals surface area contributed by atoms with Crippen molar-refractivity contribution in [1.29, 1.82) is 0 Å². The summed E-state index contributed by atoms with van der Waals surface area (Å²) in [7, 11) is 0. The smallest absolute Gasteiger partial charge is 0.354 e. The van der Waals surface area contributed by atoms with Gasteiger partial charge in [-0.3, -0.25) is 0 Å². The van der Waals surface area contributed by atoms with E-state index in [9.17, 15) is 9.59 Å². The first-order valence-electron chi connectivity index (χ1n) is 8.18. The number of pyridine rings is 1. The van der Waals surface area contributed by atoms with E-state index in [1.54, 1.807) is 12.1 Å². The number of carbonyl (C=O) groups is 1. The SMILES string of the molecule is O=C=NCCCCCCOc1cccc(-c2cccc(C(=O)O)n2)c1. The molecule has 6 nitrogen and oxygen atoms in total. The second-order valence-corrected chi connectivity index (χ2v) is 5.48. The first-order chi connectivity index (χ1) is 12.2. The molecule has 0 aliphatic rings. The molecule has 0 fully saturated rings. The maximum atomic E-state index is 11.0. The van der Waals surface area contributed by atoms with Crippen molar-refractivity contribution >= 4 is 12.0 Å². The quantitative estimate of drug-likeness (QED) is 0.404. The number of carboxylic acid groups (broad SMARTS) is 1. The highest BCUT2D eigenvalue weighted by Crippen LogP contribution is 2.22. The van der Waals surface area contributed by atoms with Crippen LogP contribution in [0.15, 0.2) is 47.5 Å². The Bertz CT molecular complexity index is 755. The van der Waals surface area contributed by atoms with E-state index in [0.29, 0.717) is 18.8 Å². The molecule has 1 aromatic heterocycles. The summed E-state index contributed by atoms with van der Waals surface area (Å²) in [6.07, 6.45) is 5.35. The molecule has 0 spiro atoms. The first-order valence-corrected chi connectivity index (χ1v) is 8.18. The summed E-state index contributed by atoms with van der Waals surface area (Å²) in [6.45, 7) is 1.14. The van der Waals surface area contributed by atoms with Crippen molar-refractivity contribution in [3.8, 4) is 17.0 Å². The Kier molecular flexibility index (Phi) is 7.35. The van der Waals surface area contributed by atoms with E-state index in [0.717, 1.165) is 37.0 Å². The maximum Gasteiger partial charge on any atom is 0.354 e. The van der Waals surface area contributed by atoms with Crippen molar-refractivity contribution < 1.29 is 19.4 Å². The topological polar surface area (TPSA) is 88.8 Å². The number of unbranched alkanes of at least 4 members (excludes halogenated alkanes) is 3. The van der Waals surface area contributed by atoms with Crippen molar-refractivity contribution in [2.24, 2.45) is 4.99 Å². The lowest BCUT2D eigenvalue weighted by molar-refractivity contribution is 0.0690. The number of nitrogens with zero attached hydrogens (tertiary/aromatic N) is 2. The number of carboxylic acids is 1. The van der Waals surface area contributed by atoms with Crippen LogP contribution in [0, 0.1) is 0 Å². The molecule has 2 aromatic rings. The summed E-state index contributed by atoms with van der Waals surface area (Å²) in [5.74, 6) is -0.321. The van der Waals surface area contributed by atoms with Crippen LogP contribution in [-0.4, -0.2) is 35.3 Å². The molecule has 0 amide bonds. The summed E-state index contributed by atoms with van der Waals surface area (Å²) in [5.41, 5.74) is 1.43. The van der Waals surface area contributed by atoms with Crippen LogP contribution in [0.2, 0.25) is 0 Å². The van der Waals surface area contributed by atoms with Crippen LogP contribution in [-0.2, 0) is 4.79 Å². The molecule has 0 radical (unpaired) electrons. The fourth-order valence-corrected chi connectivity index (χ4v) is 2.34. The monoisotopic (exact) mass is 340 g/mol. The van der Waals surface area contributed by atoms with Crippen LogP contribution < -0.4 is 4.74 Å². The Morgan fingerprint density at radius 1 is 1.12 bits per heavy atom. The molecule has 1 heterocycles. The number of carbonyl (C=O) groups excluding carboxylic acids is 1. The summed E-state index contributed by atoms with van der Waals surface area (Å²) in [6, 6.07) is 12.4. The molecule has 0 atom stereocenters. The number of rotatable bonds is 10. The fraction of sp³-hybridized carbons (Fsp3) is 0.316. The van der Waals surface area contributed by atoms with E-state index in [2.05, 4.69) is 9.98 Å². The fourth-order valence-electron chi connectivity index (χ4n) is 2.34. The number of isocyanates is 1. The van der Waals surface area contributed by atoms with Gasteiger partial charge in [0.25, 0.3) is 0 Å². The molecular weight excluding hydrogens is 320 g/mol. The summed E-state index contributed by atoms with van der Waals surface area (Å²) in [5, 5.41) is 9.03. The van der Waals surface area contributed by atoms with Gasteiger partial charge in [-0.05, 0) is 43.5 Å². The number of benzene rings is 1. The van der Waals surface area contributed by atoms with Crippen molar-refractivity contribution in [3.63, 3.8) is 0 Å². The Hall–Kier alpha value is -2.98.